The van der Waals surface area contributed by atoms with Crippen LogP contribution in [-0.4, -0.2) is 6.08 Å². The average molecular weight is 164 g/mol. The standard InChI is InChI=1S/C8H11N.CHNO/c1-7(9)8-5-3-2-4-6-8;2-1-3/h2-7H,9H2,1H3;2H. The number of nitrogens with one attached hydrogen (secondary N) is 1. The quantitative estimate of drug-likeness (QED) is 0.489. The van der Waals surface area contributed by atoms with Gasteiger partial charge in [0.15, 0.2) is 0 Å². The second-order valence-corrected chi connectivity index (χ2v) is 2.30. The molecule has 0 amide bonds. The van der Waals surface area contributed by atoms with Crippen molar-refractivity contribution in [3.8, 4) is 0 Å². The lowest BCUT2D eigenvalue weighted by Gasteiger charge is -2.02. The Morgan fingerprint density at radius 3 is 2.08 bits per heavy atom. The van der Waals surface area contributed by atoms with Crippen molar-refractivity contribution in [1.29, 1.82) is 5.41 Å². The van der Waals surface area contributed by atoms with E-state index in [-0.39, 0.29) is 6.04 Å². The Morgan fingerprint density at radius 2 is 1.83 bits per heavy atom. The van der Waals surface area contributed by atoms with E-state index in [0.29, 0.717) is 0 Å². The van der Waals surface area contributed by atoms with E-state index in [1.807, 2.05) is 37.3 Å². The van der Waals surface area contributed by atoms with Gasteiger partial charge in [0, 0.05) is 6.04 Å². The molecule has 1 unspecified atom stereocenters. The van der Waals surface area contributed by atoms with Gasteiger partial charge in [-0.3, -0.25) is 0 Å². The van der Waals surface area contributed by atoms with E-state index in [4.69, 9.17) is 15.9 Å². The van der Waals surface area contributed by atoms with Crippen LogP contribution < -0.4 is 5.73 Å². The molecule has 0 fully saturated rings. The fraction of sp³-hybridized carbons (Fsp3) is 0.222. The summed E-state index contributed by atoms with van der Waals surface area (Å²) in [6.45, 7) is 1.98. The molecule has 0 aliphatic rings. The Kier molecular flexibility index (Phi) is 5.53. The van der Waals surface area contributed by atoms with Gasteiger partial charge in [0.1, 0.15) is 0 Å². The summed E-state index contributed by atoms with van der Waals surface area (Å²) in [7, 11) is 0. The molecule has 0 radical (unpaired) electrons. The van der Waals surface area contributed by atoms with Gasteiger partial charge in [-0.05, 0) is 12.5 Å². The molecule has 12 heavy (non-hydrogen) atoms. The first-order valence-corrected chi connectivity index (χ1v) is 3.56. The predicted octanol–water partition coefficient (Wildman–Crippen LogP) is 1.61. The Hall–Kier alpha value is -1.44. The molecule has 0 aliphatic carbocycles. The SMILES string of the molecule is CC(N)c1ccccc1.N=C=O. The lowest BCUT2D eigenvalue weighted by molar-refractivity contribution is 0.563. The lowest BCUT2D eigenvalue weighted by Crippen LogP contribution is -2.03. The molecule has 0 spiro atoms. The van der Waals surface area contributed by atoms with E-state index in [2.05, 4.69) is 0 Å². The minimum absolute atomic E-state index is 0.159. The third-order valence-corrected chi connectivity index (χ3v) is 1.33. The maximum atomic E-state index is 8.35. The number of rotatable bonds is 1. The van der Waals surface area contributed by atoms with Crippen molar-refractivity contribution in [1.82, 2.24) is 0 Å². The van der Waals surface area contributed by atoms with Gasteiger partial charge in [0.05, 0.1) is 0 Å². The Balaban J connectivity index is 0.000000354. The molecule has 0 heterocycles. The first kappa shape index (κ1) is 10.6. The van der Waals surface area contributed by atoms with Crippen molar-refractivity contribution in [3.05, 3.63) is 35.9 Å². The highest BCUT2D eigenvalue weighted by Crippen LogP contribution is 2.06. The molecule has 1 aromatic carbocycles. The summed E-state index contributed by atoms with van der Waals surface area (Å²) < 4.78 is 0. The van der Waals surface area contributed by atoms with Crippen LogP contribution in [0.15, 0.2) is 30.3 Å². The van der Waals surface area contributed by atoms with Crippen molar-refractivity contribution in [2.45, 2.75) is 13.0 Å². The maximum Gasteiger partial charge on any atom is 0.231 e. The van der Waals surface area contributed by atoms with E-state index in [9.17, 15) is 0 Å². The van der Waals surface area contributed by atoms with Gasteiger partial charge in [-0.25, -0.2) is 10.2 Å². The number of carbonyl (C=O) groups excluding carboxylic acids is 1. The summed E-state index contributed by atoms with van der Waals surface area (Å²) in [5, 5.41) is 5.40. The smallest absolute Gasteiger partial charge is 0.231 e. The van der Waals surface area contributed by atoms with Crippen molar-refractivity contribution >= 4 is 6.08 Å². The number of benzene rings is 1. The predicted molar refractivity (Wildman–Crippen MR) is 47.5 cm³/mol. The molecule has 0 aromatic heterocycles. The summed E-state index contributed by atoms with van der Waals surface area (Å²) in [4.78, 5) is 8.35. The van der Waals surface area contributed by atoms with Crippen molar-refractivity contribution in [2.24, 2.45) is 5.73 Å². The highest BCUT2D eigenvalue weighted by molar-refractivity contribution is 5.26. The van der Waals surface area contributed by atoms with Crippen LogP contribution in [0, 0.1) is 5.41 Å². The van der Waals surface area contributed by atoms with Crippen molar-refractivity contribution in [3.63, 3.8) is 0 Å². The van der Waals surface area contributed by atoms with Crippen LogP contribution in [0.4, 0.5) is 0 Å². The summed E-state index contributed by atoms with van der Waals surface area (Å²) in [5.41, 5.74) is 6.81. The summed E-state index contributed by atoms with van der Waals surface area (Å²) in [6.07, 6.45) is 0.750. The van der Waals surface area contributed by atoms with Crippen LogP contribution in [0.25, 0.3) is 0 Å². The minimum Gasteiger partial charge on any atom is -0.324 e. The number of isocyanates is 1. The highest BCUT2D eigenvalue weighted by atomic mass is 16.1. The first-order chi connectivity index (χ1) is 5.72. The number of nitrogens with two attached hydrogens (primary N) is 1. The third kappa shape index (κ3) is 4.39. The molecule has 0 bridgehead atoms. The van der Waals surface area contributed by atoms with Crippen LogP contribution in [0.1, 0.15) is 18.5 Å². The summed E-state index contributed by atoms with van der Waals surface area (Å²) in [5.74, 6) is 0. The van der Waals surface area contributed by atoms with Crippen LogP contribution in [0.2, 0.25) is 0 Å². The van der Waals surface area contributed by atoms with Crippen LogP contribution in [0.3, 0.4) is 0 Å². The first-order valence-electron chi connectivity index (χ1n) is 3.56. The molecular weight excluding hydrogens is 152 g/mol. The molecule has 0 aliphatic heterocycles. The lowest BCUT2D eigenvalue weighted by atomic mass is 10.1. The van der Waals surface area contributed by atoms with Crippen LogP contribution in [-0.2, 0) is 4.79 Å². The van der Waals surface area contributed by atoms with Gasteiger partial charge in [-0.15, -0.1) is 0 Å². The zero-order valence-electron chi connectivity index (χ0n) is 6.95. The Labute approximate surface area is 71.7 Å². The third-order valence-electron chi connectivity index (χ3n) is 1.33. The van der Waals surface area contributed by atoms with Gasteiger partial charge in [0.2, 0.25) is 6.08 Å². The molecule has 1 aromatic rings. The maximum absolute atomic E-state index is 8.35. The fourth-order valence-electron chi connectivity index (χ4n) is 0.757. The topological polar surface area (TPSA) is 66.9 Å². The molecular formula is C9H12N2O. The molecule has 0 saturated heterocycles. The van der Waals surface area contributed by atoms with E-state index in [1.165, 1.54) is 5.56 Å². The van der Waals surface area contributed by atoms with Crippen LogP contribution in [0.5, 0.6) is 0 Å². The largest absolute Gasteiger partial charge is 0.324 e. The minimum atomic E-state index is 0.159. The van der Waals surface area contributed by atoms with Gasteiger partial charge >= 0.3 is 0 Å². The second-order valence-electron chi connectivity index (χ2n) is 2.30. The van der Waals surface area contributed by atoms with Gasteiger partial charge < -0.3 is 5.73 Å². The van der Waals surface area contributed by atoms with E-state index in [0.717, 1.165) is 6.08 Å². The number of hydrogen-bond donors (Lipinski definition) is 2. The normalized spacial score (nSPS) is 10.5. The summed E-state index contributed by atoms with van der Waals surface area (Å²) in [6, 6.07) is 10.2. The van der Waals surface area contributed by atoms with Gasteiger partial charge in [0.25, 0.3) is 0 Å². The van der Waals surface area contributed by atoms with Crippen LogP contribution >= 0.6 is 0 Å². The van der Waals surface area contributed by atoms with E-state index >= 15 is 0 Å². The molecule has 3 nitrogen and oxygen atoms in total. The van der Waals surface area contributed by atoms with Gasteiger partial charge in [-0.2, -0.15) is 0 Å². The van der Waals surface area contributed by atoms with Crippen molar-refractivity contribution in [2.75, 3.05) is 0 Å². The zero-order valence-corrected chi connectivity index (χ0v) is 6.95. The molecule has 1 rings (SSSR count). The molecule has 1 atom stereocenters. The number of hydrogen-bond acceptors (Lipinski definition) is 3. The monoisotopic (exact) mass is 164 g/mol. The molecule has 3 N–H and O–H groups in total. The second kappa shape index (κ2) is 6.28. The molecule has 3 heteroatoms. The van der Waals surface area contributed by atoms with Gasteiger partial charge in [-0.1, -0.05) is 30.3 Å². The zero-order chi connectivity index (χ0) is 9.40. The van der Waals surface area contributed by atoms with Crippen molar-refractivity contribution < 1.29 is 4.79 Å². The molecule has 64 valence electrons. The Morgan fingerprint density at radius 1 is 1.42 bits per heavy atom. The Bertz CT molecular complexity index is 238. The fourth-order valence-corrected chi connectivity index (χ4v) is 0.757. The van der Waals surface area contributed by atoms with E-state index < -0.39 is 0 Å². The summed E-state index contributed by atoms with van der Waals surface area (Å²) >= 11 is 0. The molecule has 0 saturated carbocycles. The van der Waals surface area contributed by atoms with E-state index in [1.54, 1.807) is 0 Å². The average Bonchev–Trinajstić information content (AvgIpc) is 2.07. The highest BCUT2D eigenvalue weighted by Gasteiger charge is 1.93.